The van der Waals surface area contributed by atoms with Gasteiger partial charge >= 0.3 is 5.97 Å². The third-order valence-electron chi connectivity index (χ3n) is 9.75. The van der Waals surface area contributed by atoms with E-state index in [1.54, 1.807) is 0 Å². The van der Waals surface area contributed by atoms with Gasteiger partial charge in [-0.05, 0) is 95.6 Å². The number of methoxy groups -OCH3 is 1. The highest BCUT2D eigenvalue weighted by atomic mass is 127. The predicted octanol–water partition coefficient (Wildman–Crippen LogP) is 5.52. The van der Waals surface area contributed by atoms with Crippen LogP contribution in [0.15, 0.2) is 9.66 Å². The minimum absolute atomic E-state index is 0.0288. The fourth-order valence-electron chi connectivity index (χ4n) is 7.99. The van der Waals surface area contributed by atoms with E-state index in [4.69, 9.17) is 4.74 Å². The Hall–Kier alpha value is -0.720. The molecule has 3 saturated carbocycles. The van der Waals surface area contributed by atoms with Gasteiger partial charge in [0.2, 0.25) is 0 Å². The number of esters is 1. The number of hydrogen-bond donors (Lipinski definition) is 0. The van der Waals surface area contributed by atoms with E-state index in [0.717, 1.165) is 35.7 Å². The predicted molar refractivity (Wildman–Crippen MR) is 124 cm³/mol. The second-order valence-corrected chi connectivity index (χ2v) is 12.0. The molecule has 0 aromatic heterocycles. The maximum absolute atomic E-state index is 13.7. The summed E-state index contributed by atoms with van der Waals surface area (Å²) in [4.78, 5) is 37.7. The van der Waals surface area contributed by atoms with E-state index in [2.05, 4.69) is 49.4 Å². The first kappa shape index (κ1) is 22.5. The molecule has 0 amide bonds. The summed E-state index contributed by atoms with van der Waals surface area (Å²) in [5, 5.41) is 0. The number of ether oxygens (including phenoxy) is 1. The summed E-state index contributed by atoms with van der Waals surface area (Å²) in [6.45, 7) is 6.78. The van der Waals surface area contributed by atoms with Crippen molar-refractivity contribution in [1.29, 1.82) is 0 Å². The molecule has 0 aromatic carbocycles. The maximum Gasteiger partial charge on any atom is 0.305 e. The number of carbonyl (C=O) groups excluding carboxylic acids is 3. The lowest BCUT2D eigenvalue weighted by molar-refractivity contribution is -0.152. The standard InChI is InChI=1S/C25H35IO4/c1-14(5-10-23(29)30-4)17-8-9-18-16-7-6-15-11-21(27)20(26)13-24(15,2)19(16)12-22(28)25(17,18)3/h13-19H,5-12H2,1-4H3/t14-,15?,16+,17-,18+,19+,24+,25-/m1/s1. The number of Topliss-reactive ketones (excluding diaryl/α,β-unsaturated/α-hetero) is 2. The average molecular weight is 526 g/mol. The summed E-state index contributed by atoms with van der Waals surface area (Å²) in [5.41, 5.74) is -0.291. The van der Waals surface area contributed by atoms with Crippen molar-refractivity contribution < 1.29 is 19.1 Å². The van der Waals surface area contributed by atoms with Crippen LogP contribution in [0.2, 0.25) is 0 Å². The fourth-order valence-corrected chi connectivity index (χ4v) is 8.89. The zero-order valence-electron chi connectivity index (χ0n) is 18.7. The van der Waals surface area contributed by atoms with Crippen LogP contribution in [-0.2, 0) is 19.1 Å². The summed E-state index contributed by atoms with van der Waals surface area (Å²) in [5.74, 6) is 3.02. The molecule has 5 heteroatoms. The van der Waals surface area contributed by atoms with Crippen LogP contribution in [0.4, 0.5) is 0 Å². The van der Waals surface area contributed by atoms with Gasteiger partial charge in [-0.2, -0.15) is 0 Å². The minimum atomic E-state index is -0.263. The number of rotatable bonds is 4. The van der Waals surface area contributed by atoms with Crippen molar-refractivity contribution in [3.05, 3.63) is 9.66 Å². The maximum atomic E-state index is 13.7. The Bertz CT molecular complexity index is 788. The number of hydrogen-bond acceptors (Lipinski definition) is 4. The lowest BCUT2D eigenvalue weighted by atomic mass is 9.45. The number of fused-ring (bicyclic) bond motifs is 5. The number of carbonyl (C=O) groups is 3. The molecule has 0 bridgehead atoms. The summed E-state index contributed by atoms with van der Waals surface area (Å²) in [6, 6.07) is 0. The van der Waals surface area contributed by atoms with Crippen LogP contribution in [0.5, 0.6) is 0 Å². The molecule has 166 valence electrons. The van der Waals surface area contributed by atoms with Gasteiger partial charge in [0.05, 0.1) is 10.7 Å². The molecule has 3 fully saturated rings. The van der Waals surface area contributed by atoms with Crippen LogP contribution in [0.3, 0.4) is 0 Å². The van der Waals surface area contributed by atoms with Crippen molar-refractivity contribution in [2.24, 2.45) is 46.3 Å². The highest BCUT2D eigenvalue weighted by Gasteiger charge is 2.63. The molecule has 30 heavy (non-hydrogen) atoms. The first-order valence-electron chi connectivity index (χ1n) is 11.6. The van der Waals surface area contributed by atoms with E-state index in [1.165, 1.54) is 7.11 Å². The molecule has 0 N–H and O–H groups in total. The van der Waals surface area contributed by atoms with E-state index < -0.39 is 0 Å². The molecule has 0 aliphatic heterocycles. The van der Waals surface area contributed by atoms with Crippen molar-refractivity contribution in [3.63, 3.8) is 0 Å². The normalized spacial score (nSPS) is 43.9. The third kappa shape index (κ3) is 3.32. The van der Waals surface area contributed by atoms with Gasteiger partial charge in [-0.3, -0.25) is 14.4 Å². The second kappa shape index (κ2) is 8.00. The van der Waals surface area contributed by atoms with Crippen molar-refractivity contribution in [1.82, 2.24) is 0 Å². The molecule has 4 nitrogen and oxygen atoms in total. The summed E-state index contributed by atoms with van der Waals surface area (Å²) >= 11 is 2.20. The monoisotopic (exact) mass is 526 g/mol. The van der Waals surface area contributed by atoms with Crippen LogP contribution in [0.25, 0.3) is 0 Å². The number of halogens is 1. The summed E-state index contributed by atoms with van der Waals surface area (Å²) < 4.78 is 5.70. The van der Waals surface area contributed by atoms with Gasteiger partial charge in [0.15, 0.2) is 5.78 Å². The van der Waals surface area contributed by atoms with Gasteiger partial charge in [0, 0.05) is 24.7 Å². The van der Waals surface area contributed by atoms with Gasteiger partial charge in [-0.15, -0.1) is 0 Å². The molecule has 8 atom stereocenters. The second-order valence-electron chi connectivity index (χ2n) is 10.8. The van der Waals surface area contributed by atoms with Crippen molar-refractivity contribution >= 4 is 40.1 Å². The van der Waals surface area contributed by atoms with Crippen LogP contribution in [-0.4, -0.2) is 24.6 Å². The Morgan fingerprint density at radius 1 is 1.17 bits per heavy atom. The van der Waals surface area contributed by atoms with Crippen LogP contribution < -0.4 is 0 Å². The van der Waals surface area contributed by atoms with Crippen molar-refractivity contribution in [3.8, 4) is 0 Å². The smallest absolute Gasteiger partial charge is 0.305 e. The lowest BCUT2D eigenvalue weighted by Crippen LogP contribution is -2.56. The van der Waals surface area contributed by atoms with Gasteiger partial charge in [0.25, 0.3) is 0 Å². The molecule has 4 aliphatic rings. The van der Waals surface area contributed by atoms with Gasteiger partial charge in [0.1, 0.15) is 5.78 Å². The molecule has 1 unspecified atom stereocenters. The topological polar surface area (TPSA) is 60.4 Å². The Labute approximate surface area is 194 Å². The van der Waals surface area contributed by atoms with Crippen LogP contribution in [0.1, 0.15) is 72.1 Å². The fraction of sp³-hybridized carbons (Fsp3) is 0.800. The van der Waals surface area contributed by atoms with Gasteiger partial charge in [-0.25, -0.2) is 0 Å². The van der Waals surface area contributed by atoms with Crippen LogP contribution >= 0.6 is 22.6 Å². The molecular weight excluding hydrogens is 491 g/mol. The zero-order chi connectivity index (χ0) is 21.8. The Morgan fingerprint density at radius 2 is 1.90 bits per heavy atom. The SMILES string of the molecule is COC(=O)CC[C@@H](C)[C@H]1CC[C@H]2[C@@H]3CCC4CC(=O)C(I)=C[C@]4(C)[C@H]3CC(=O)[C@]12C. The largest absolute Gasteiger partial charge is 0.469 e. The van der Waals surface area contributed by atoms with E-state index in [9.17, 15) is 14.4 Å². The van der Waals surface area contributed by atoms with Gasteiger partial charge < -0.3 is 4.74 Å². The lowest BCUT2D eigenvalue weighted by Gasteiger charge is -2.58. The van der Waals surface area contributed by atoms with Crippen LogP contribution in [0, 0.1) is 46.3 Å². The zero-order valence-corrected chi connectivity index (χ0v) is 20.9. The first-order valence-corrected chi connectivity index (χ1v) is 12.7. The third-order valence-corrected chi connectivity index (χ3v) is 10.7. The van der Waals surface area contributed by atoms with E-state index >= 15 is 0 Å². The molecular formula is C25H35IO4. The Morgan fingerprint density at radius 3 is 2.60 bits per heavy atom. The van der Waals surface area contributed by atoms with E-state index in [-0.39, 0.29) is 22.6 Å². The van der Waals surface area contributed by atoms with E-state index in [1.807, 2.05) is 0 Å². The van der Waals surface area contributed by atoms with E-state index in [0.29, 0.717) is 60.6 Å². The highest BCUT2D eigenvalue weighted by molar-refractivity contribution is 14.1. The number of allylic oxidation sites excluding steroid dienone is 2. The summed E-state index contributed by atoms with van der Waals surface area (Å²) in [6.07, 6.45) is 9.23. The molecule has 0 heterocycles. The van der Waals surface area contributed by atoms with Gasteiger partial charge in [-0.1, -0.05) is 26.8 Å². The quantitative estimate of drug-likeness (QED) is 0.358. The molecule has 4 rings (SSSR count). The van der Waals surface area contributed by atoms with Crippen molar-refractivity contribution in [2.45, 2.75) is 72.1 Å². The molecule has 4 aliphatic carbocycles. The highest BCUT2D eigenvalue weighted by Crippen LogP contribution is 2.66. The first-order chi connectivity index (χ1) is 14.1. The minimum Gasteiger partial charge on any atom is -0.469 e. The summed E-state index contributed by atoms with van der Waals surface area (Å²) in [7, 11) is 1.44. The Kier molecular flexibility index (Phi) is 6.00. The molecule has 0 spiro atoms. The molecule has 0 aromatic rings. The average Bonchev–Trinajstić information content (AvgIpc) is 3.07. The molecule has 0 saturated heterocycles. The number of ketones is 2. The van der Waals surface area contributed by atoms with Crippen molar-refractivity contribution in [2.75, 3.05) is 7.11 Å². The Balaban J connectivity index is 1.59. The molecule has 0 radical (unpaired) electrons.